The summed E-state index contributed by atoms with van der Waals surface area (Å²) in [4.78, 5) is 12.3. The van der Waals surface area contributed by atoms with Crippen LogP contribution in [-0.4, -0.2) is 15.0 Å². The van der Waals surface area contributed by atoms with Crippen LogP contribution in [0.3, 0.4) is 0 Å². The number of fused-ring (bicyclic) bond motifs is 2. The molecule has 0 saturated carbocycles. The van der Waals surface area contributed by atoms with E-state index in [0.29, 0.717) is 5.56 Å². The van der Waals surface area contributed by atoms with E-state index in [1.807, 2.05) is 42.5 Å². The number of H-pyrrole nitrogens is 1. The maximum absolute atomic E-state index is 8.97. The van der Waals surface area contributed by atoms with Crippen LogP contribution >= 0.6 is 0 Å². The Labute approximate surface area is 120 Å². The fraction of sp³-hybridized carbons (Fsp3) is 0. The van der Waals surface area contributed by atoms with Crippen molar-refractivity contribution in [3.63, 3.8) is 0 Å². The second kappa shape index (κ2) is 4.43. The molecule has 4 nitrogen and oxygen atoms in total. The molecule has 0 saturated heterocycles. The van der Waals surface area contributed by atoms with Gasteiger partial charge >= 0.3 is 0 Å². The van der Waals surface area contributed by atoms with Crippen molar-refractivity contribution in [3.05, 3.63) is 60.3 Å². The van der Waals surface area contributed by atoms with Crippen LogP contribution in [0.25, 0.3) is 33.3 Å². The molecule has 0 radical (unpaired) electrons. The fourth-order valence-electron chi connectivity index (χ4n) is 2.52. The van der Waals surface area contributed by atoms with Crippen molar-refractivity contribution in [1.29, 1.82) is 5.26 Å². The average Bonchev–Trinajstić information content (AvgIpc) is 2.97. The third-order valence-corrected chi connectivity index (χ3v) is 3.51. The molecule has 0 amide bonds. The van der Waals surface area contributed by atoms with Crippen molar-refractivity contribution in [2.45, 2.75) is 0 Å². The third kappa shape index (κ3) is 1.84. The smallest absolute Gasteiger partial charge is 0.139 e. The molecule has 4 rings (SSSR count). The Morgan fingerprint density at radius 3 is 2.86 bits per heavy atom. The van der Waals surface area contributed by atoms with E-state index in [9.17, 15) is 0 Å². The predicted molar refractivity (Wildman–Crippen MR) is 81.5 cm³/mol. The Kier molecular flexibility index (Phi) is 2.45. The van der Waals surface area contributed by atoms with E-state index in [1.165, 1.54) is 0 Å². The Morgan fingerprint density at radius 1 is 1.00 bits per heavy atom. The van der Waals surface area contributed by atoms with E-state index >= 15 is 0 Å². The number of imidazole rings is 1. The lowest BCUT2D eigenvalue weighted by Crippen LogP contribution is -1.84. The first kappa shape index (κ1) is 11.6. The van der Waals surface area contributed by atoms with Crippen molar-refractivity contribution in [3.8, 4) is 17.5 Å². The van der Waals surface area contributed by atoms with E-state index in [0.717, 1.165) is 33.3 Å². The summed E-state index contributed by atoms with van der Waals surface area (Å²) in [5, 5.41) is 10.0. The van der Waals surface area contributed by atoms with Gasteiger partial charge in [-0.3, -0.25) is 4.98 Å². The van der Waals surface area contributed by atoms with Crippen molar-refractivity contribution in [1.82, 2.24) is 15.0 Å². The summed E-state index contributed by atoms with van der Waals surface area (Å²) >= 11 is 0. The quantitative estimate of drug-likeness (QED) is 0.574. The van der Waals surface area contributed by atoms with Crippen LogP contribution in [0.4, 0.5) is 0 Å². The molecule has 98 valence electrons. The first-order valence-corrected chi connectivity index (χ1v) is 6.59. The average molecular weight is 270 g/mol. The normalized spacial score (nSPS) is 10.8. The Bertz CT molecular complexity index is 1000. The Hall–Kier alpha value is -3.19. The highest BCUT2D eigenvalue weighted by Crippen LogP contribution is 2.27. The van der Waals surface area contributed by atoms with Crippen LogP contribution in [0.2, 0.25) is 0 Å². The van der Waals surface area contributed by atoms with Gasteiger partial charge in [0.2, 0.25) is 0 Å². The number of pyridine rings is 1. The maximum Gasteiger partial charge on any atom is 0.139 e. The second-order valence-electron chi connectivity index (χ2n) is 4.80. The van der Waals surface area contributed by atoms with Gasteiger partial charge in [0, 0.05) is 17.1 Å². The Balaban J connectivity index is 1.98. The largest absolute Gasteiger partial charge is 0.338 e. The summed E-state index contributed by atoms with van der Waals surface area (Å²) in [6, 6.07) is 17.5. The first-order valence-electron chi connectivity index (χ1n) is 6.59. The van der Waals surface area contributed by atoms with Gasteiger partial charge in [-0.2, -0.15) is 5.26 Å². The number of nitriles is 1. The first-order chi connectivity index (χ1) is 10.3. The number of rotatable bonds is 1. The fourth-order valence-corrected chi connectivity index (χ4v) is 2.52. The molecule has 2 heterocycles. The molecule has 0 fully saturated rings. The van der Waals surface area contributed by atoms with Crippen molar-refractivity contribution in [2.24, 2.45) is 0 Å². The van der Waals surface area contributed by atoms with Gasteiger partial charge in [0.15, 0.2) is 0 Å². The zero-order valence-electron chi connectivity index (χ0n) is 11.0. The summed E-state index contributed by atoms with van der Waals surface area (Å²) in [6.45, 7) is 0. The molecular weight excluding hydrogens is 260 g/mol. The van der Waals surface area contributed by atoms with Crippen LogP contribution in [-0.2, 0) is 0 Å². The lowest BCUT2D eigenvalue weighted by atomic mass is 10.1. The van der Waals surface area contributed by atoms with E-state index < -0.39 is 0 Å². The van der Waals surface area contributed by atoms with Crippen LogP contribution in [0.5, 0.6) is 0 Å². The topological polar surface area (TPSA) is 65.4 Å². The van der Waals surface area contributed by atoms with Crippen LogP contribution in [0, 0.1) is 11.3 Å². The minimum absolute atomic E-state index is 0.622. The van der Waals surface area contributed by atoms with Gasteiger partial charge in [-0.15, -0.1) is 0 Å². The van der Waals surface area contributed by atoms with Gasteiger partial charge in [0.25, 0.3) is 0 Å². The molecule has 0 atom stereocenters. The van der Waals surface area contributed by atoms with Crippen molar-refractivity contribution in [2.75, 3.05) is 0 Å². The maximum atomic E-state index is 8.97. The number of nitrogens with zero attached hydrogens (tertiary/aromatic N) is 3. The number of aromatic nitrogens is 3. The molecule has 0 aliphatic carbocycles. The zero-order chi connectivity index (χ0) is 14.2. The van der Waals surface area contributed by atoms with Crippen LogP contribution in [0.1, 0.15) is 5.56 Å². The minimum atomic E-state index is 0.622. The molecule has 0 spiro atoms. The molecule has 4 aromatic rings. The highest BCUT2D eigenvalue weighted by Gasteiger charge is 2.09. The predicted octanol–water partition coefficient (Wildman–Crippen LogP) is 3.65. The molecule has 1 N–H and O–H groups in total. The highest BCUT2D eigenvalue weighted by atomic mass is 14.9. The lowest BCUT2D eigenvalue weighted by Gasteiger charge is -2.02. The third-order valence-electron chi connectivity index (χ3n) is 3.51. The molecule has 0 bridgehead atoms. The summed E-state index contributed by atoms with van der Waals surface area (Å²) in [6.07, 6.45) is 1.78. The molecule has 0 aliphatic rings. The molecular formula is C17H10N4. The van der Waals surface area contributed by atoms with Gasteiger partial charge in [-0.25, -0.2) is 4.98 Å². The van der Waals surface area contributed by atoms with E-state index in [2.05, 4.69) is 21.0 Å². The molecule has 2 aromatic carbocycles. The van der Waals surface area contributed by atoms with Gasteiger partial charge in [0.1, 0.15) is 5.82 Å². The number of hydrogen-bond donors (Lipinski definition) is 1. The molecule has 21 heavy (non-hydrogen) atoms. The number of hydrogen-bond acceptors (Lipinski definition) is 3. The number of benzene rings is 2. The second-order valence-corrected chi connectivity index (χ2v) is 4.80. The Morgan fingerprint density at radius 2 is 1.95 bits per heavy atom. The van der Waals surface area contributed by atoms with Crippen LogP contribution in [0.15, 0.2) is 54.7 Å². The van der Waals surface area contributed by atoms with Gasteiger partial charge in [0.05, 0.1) is 28.2 Å². The standard InChI is InChI=1S/C17H10N4/c18-10-11-6-7-15-16(9-11)21-17(20-15)13-3-1-5-14-12(13)4-2-8-19-14/h1-9H,(H,20,21). The summed E-state index contributed by atoms with van der Waals surface area (Å²) < 4.78 is 0. The molecule has 0 unspecified atom stereocenters. The monoisotopic (exact) mass is 270 g/mol. The SMILES string of the molecule is N#Cc1ccc2nc(-c3cccc4ncccc34)[nH]c2c1. The molecule has 0 aliphatic heterocycles. The summed E-state index contributed by atoms with van der Waals surface area (Å²) in [7, 11) is 0. The van der Waals surface area contributed by atoms with Gasteiger partial charge < -0.3 is 4.98 Å². The zero-order valence-corrected chi connectivity index (χ0v) is 11.0. The number of nitrogens with one attached hydrogen (secondary N) is 1. The minimum Gasteiger partial charge on any atom is -0.338 e. The lowest BCUT2D eigenvalue weighted by molar-refractivity contribution is 1.34. The molecule has 2 aromatic heterocycles. The number of aromatic amines is 1. The van der Waals surface area contributed by atoms with E-state index in [4.69, 9.17) is 5.26 Å². The van der Waals surface area contributed by atoms with E-state index in [1.54, 1.807) is 12.3 Å². The van der Waals surface area contributed by atoms with Gasteiger partial charge in [-0.1, -0.05) is 18.2 Å². The van der Waals surface area contributed by atoms with Crippen molar-refractivity contribution >= 4 is 21.9 Å². The van der Waals surface area contributed by atoms with Crippen LogP contribution < -0.4 is 0 Å². The summed E-state index contributed by atoms with van der Waals surface area (Å²) in [5.74, 6) is 0.790. The van der Waals surface area contributed by atoms with Gasteiger partial charge in [-0.05, 0) is 30.3 Å². The summed E-state index contributed by atoms with van der Waals surface area (Å²) in [5.41, 5.74) is 4.29. The molecule has 4 heteroatoms. The van der Waals surface area contributed by atoms with Crippen molar-refractivity contribution < 1.29 is 0 Å². The van der Waals surface area contributed by atoms with E-state index in [-0.39, 0.29) is 0 Å². The highest BCUT2D eigenvalue weighted by molar-refractivity contribution is 5.94.